The molecule has 1 heterocycles. The van der Waals surface area contributed by atoms with Gasteiger partial charge < -0.3 is 10.1 Å². The minimum atomic E-state index is -0.699. The molecule has 0 aromatic heterocycles. The van der Waals surface area contributed by atoms with Crippen molar-refractivity contribution in [1.82, 2.24) is 5.32 Å². The first-order valence-electron chi connectivity index (χ1n) is 2.81. The quantitative estimate of drug-likeness (QED) is 0.560. The molecule has 1 aliphatic rings. The molecular formula is C5H6N2O3S. The summed E-state index contributed by atoms with van der Waals surface area (Å²) in [6.07, 6.45) is -0.699. The van der Waals surface area contributed by atoms with Crippen molar-refractivity contribution in [3.63, 3.8) is 0 Å². The Kier molecular flexibility index (Phi) is 2.48. The Balaban J connectivity index is 2.54. The summed E-state index contributed by atoms with van der Waals surface area (Å²) in [7, 11) is 1.23. The molecule has 11 heavy (non-hydrogen) atoms. The van der Waals surface area contributed by atoms with Crippen LogP contribution in [0.2, 0.25) is 0 Å². The van der Waals surface area contributed by atoms with Crippen LogP contribution in [-0.4, -0.2) is 30.0 Å². The molecule has 6 heteroatoms. The number of carbonyl (C=O) groups is 2. The average molecular weight is 174 g/mol. The maximum atomic E-state index is 10.6. The predicted molar refractivity (Wildman–Crippen MR) is 40.4 cm³/mol. The van der Waals surface area contributed by atoms with Crippen LogP contribution in [0.1, 0.15) is 0 Å². The van der Waals surface area contributed by atoms with Crippen molar-refractivity contribution in [2.75, 3.05) is 12.9 Å². The molecule has 2 amide bonds. The number of thioether (sulfide) groups is 1. The van der Waals surface area contributed by atoms with Gasteiger partial charge in [-0.25, -0.2) is 4.79 Å². The third-order valence-electron chi connectivity index (χ3n) is 0.954. The molecule has 0 radical (unpaired) electrons. The fourth-order valence-electron chi connectivity index (χ4n) is 0.514. The van der Waals surface area contributed by atoms with Crippen molar-refractivity contribution in [3.8, 4) is 0 Å². The summed E-state index contributed by atoms with van der Waals surface area (Å²) >= 11 is 1.18. The number of amidine groups is 1. The molecule has 60 valence electrons. The van der Waals surface area contributed by atoms with Gasteiger partial charge in [-0.3, -0.25) is 4.79 Å². The standard InChI is InChI=1S/C5H6N2O3S/c1-10-5(9)7-4-6-3(8)2-11-4/h2H2,1H3,(H,6,7,8,9). The Morgan fingerprint density at radius 2 is 2.55 bits per heavy atom. The number of aliphatic imine (C=N–C) groups is 1. The molecular weight excluding hydrogens is 168 g/mol. The van der Waals surface area contributed by atoms with E-state index in [-0.39, 0.29) is 5.91 Å². The van der Waals surface area contributed by atoms with E-state index < -0.39 is 6.09 Å². The molecule has 0 atom stereocenters. The van der Waals surface area contributed by atoms with Crippen LogP contribution in [0.25, 0.3) is 0 Å². The van der Waals surface area contributed by atoms with E-state index in [1.807, 2.05) is 0 Å². The van der Waals surface area contributed by atoms with E-state index in [1.54, 1.807) is 0 Å². The average Bonchev–Trinajstić information content (AvgIpc) is 2.35. The van der Waals surface area contributed by atoms with Gasteiger partial charge in [-0.05, 0) is 0 Å². The molecule has 0 aromatic rings. The van der Waals surface area contributed by atoms with Crippen LogP contribution in [0.5, 0.6) is 0 Å². The van der Waals surface area contributed by atoms with Crippen LogP contribution in [0.4, 0.5) is 4.79 Å². The van der Waals surface area contributed by atoms with E-state index in [4.69, 9.17) is 0 Å². The minimum Gasteiger partial charge on any atom is -0.451 e. The molecule has 0 aliphatic carbocycles. The third kappa shape index (κ3) is 2.23. The van der Waals surface area contributed by atoms with E-state index in [0.29, 0.717) is 10.9 Å². The largest absolute Gasteiger partial charge is 0.451 e. The summed E-state index contributed by atoms with van der Waals surface area (Å²) in [6, 6.07) is 0. The van der Waals surface area contributed by atoms with E-state index >= 15 is 0 Å². The number of nitrogens with one attached hydrogen (secondary N) is 1. The first-order valence-corrected chi connectivity index (χ1v) is 3.80. The molecule has 0 saturated carbocycles. The van der Waals surface area contributed by atoms with Crippen molar-refractivity contribution in [1.29, 1.82) is 0 Å². The van der Waals surface area contributed by atoms with Gasteiger partial charge in [-0.15, -0.1) is 0 Å². The molecule has 1 saturated heterocycles. The zero-order chi connectivity index (χ0) is 8.27. The number of hydrogen-bond acceptors (Lipinski definition) is 4. The maximum Gasteiger partial charge on any atom is 0.435 e. The smallest absolute Gasteiger partial charge is 0.435 e. The third-order valence-corrected chi connectivity index (χ3v) is 1.83. The van der Waals surface area contributed by atoms with Gasteiger partial charge in [0.25, 0.3) is 0 Å². The lowest BCUT2D eigenvalue weighted by Gasteiger charge is -1.92. The molecule has 1 aliphatic heterocycles. The number of amides is 2. The Morgan fingerprint density at radius 1 is 1.82 bits per heavy atom. The minimum absolute atomic E-state index is 0.141. The fraction of sp³-hybridized carbons (Fsp3) is 0.400. The number of rotatable bonds is 0. The van der Waals surface area contributed by atoms with Gasteiger partial charge in [0.1, 0.15) is 0 Å². The van der Waals surface area contributed by atoms with Crippen molar-refractivity contribution < 1.29 is 14.3 Å². The fourth-order valence-corrected chi connectivity index (χ4v) is 1.18. The number of nitrogens with zero attached hydrogens (tertiary/aromatic N) is 1. The van der Waals surface area contributed by atoms with Gasteiger partial charge in [0, 0.05) is 0 Å². The number of hydrogen-bond donors (Lipinski definition) is 1. The molecule has 0 spiro atoms. The summed E-state index contributed by atoms with van der Waals surface area (Å²) in [6.45, 7) is 0. The van der Waals surface area contributed by atoms with Crippen LogP contribution in [-0.2, 0) is 9.53 Å². The molecule has 1 rings (SSSR count). The monoisotopic (exact) mass is 174 g/mol. The number of ether oxygens (including phenoxy) is 1. The van der Waals surface area contributed by atoms with Crippen LogP contribution in [0.15, 0.2) is 4.99 Å². The summed E-state index contributed by atoms with van der Waals surface area (Å²) in [5.41, 5.74) is 0. The lowest BCUT2D eigenvalue weighted by Crippen LogP contribution is -2.21. The highest BCUT2D eigenvalue weighted by atomic mass is 32.2. The van der Waals surface area contributed by atoms with Crippen LogP contribution in [0.3, 0.4) is 0 Å². The van der Waals surface area contributed by atoms with E-state index in [9.17, 15) is 9.59 Å². The second kappa shape index (κ2) is 3.38. The highest BCUT2D eigenvalue weighted by Crippen LogP contribution is 2.08. The van der Waals surface area contributed by atoms with Gasteiger partial charge in [0.05, 0.1) is 12.9 Å². The van der Waals surface area contributed by atoms with E-state index in [0.717, 1.165) is 0 Å². The predicted octanol–water partition coefficient (Wildman–Crippen LogP) is -0.0282. The molecule has 1 fully saturated rings. The van der Waals surface area contributed by atoms with Gasteiger partial charge in [-0.2, -0.15) is 4.99 Å². The Labute approximate surface area is 67.2 Å². The lowest BCUT2D eigenvalue weighted by molar-refractivity contribution is -0.116. The van der Waals surface area contributed by atoms with Crippen molar-refractivity contribution in [3.05, 3.63) is 0 Å². The second-order valence-electron chi connectivity index (χ2n) is 1.72. The molecule has 0 bridgehead atoms. The first-order chi connectivity index (χ1) is 5.22. The van der Waals surface area contributed by atoms with E-state index in [1.165, 1.54) is 18.9 Å². The van der Waals surface area contributed by atoms with Gasteiger partial charge in [0.2, 0.25) is 5.91 Å². The SMILES string of the molecule is COC(=O)N=C1NC(=O)CS1. The maximum absolute atomic E-state index is 10.6. The number of carbonyl (C=O) groups excluding carboxylic acids is 2. The van der Waals surface area contributed by atoms with E-state index in [2.05, 4.69) is 15.0 Å². The number of methoxy groups -OCH3 is 1. The highest BCUT2D eigenvalue weighted by molar-refractivity contribution is 8.15. The summed E-state index contributed by atoms with van der Waals surface area (Å²) in [4.78, 5) is 24.5. The van der Waals surface area contributed by atoms with Crippen molar-refractivity contribution in [2.24, 2.45) is 4.99 Å². The Hall–Kier alpha value is -1.04. The summed E-state index contributed by atoms with van der Waals surface area (Å²) < 4.78 is 4.26. The topological polar surface area (TPSA) is 67.8 Å². The zero-order valence-electron chi connectivity index (χ0n) is 5.79. The summed E-state index contributed by atoms with van der Waals surface area (Å²) in [5, 5.41) is 2.70. The molecule has 1 N–H and O–H groups in total. The van der Waals surface area contributed by atoms with Crippen LogP contribution >= 0.6 is 11.8 Å². The molecule has 5 nitrogen and oxygen atoms in total. The lowest BCUT2D eigenvalue weighted by atomic mass is 10.7. The van der Waals surface area contributed by atoms with Gasteiger partial charge >= 0.3 is 6.09 Å². The molecule has 0 aromatic carbocycles. The van der Waals surface area contributed by atoms with Crippen LogP contribution < -0.4 is 5.32 Å². The van der Waals surface area contributed by atoms with Gasteiger partial charge in [-0.1, -0.05) is 11.8 Å². The molecule has 0 unspecified atom stereocenters. The first kappa shape index (κ1) is 8.06. The van der Waals surface area contributed by atoms with Crippen molar-refractivity contribution in [2.45, 2.75) is 0 Å². The second-order valence-corrected chi connectivity index (χ2v) is 2.69. The summed E-state index contributed by atoms with van der Waals surface area (Å²) in [5.74, 6) is 0.174. The van der Waals surface area contributed by atoms with Crippen molar-refractivity contribution >= 4 is 28.9 Å². The Bertz CT molecular complexity index is 226. The Morgan fingerprint density at radius 3 is 3.00 bits per heavy atom. The van der Waals surface area contributed by atoms with Crippen LogP contribution in [0, 0.1) is 0 Å². The van der Waals surface area contributed by atoms with Gasteiger partial charge in [0.15, 0.2) is 5.17 Å². The highest BCUT2D eigenvalue weighted by Gasteiger charge is 2.17. The zero-order valence-corrected chi connectivity index (χ0v) is 6.60. The normalized spacial score (nSPS) is 20.1.